The van der Waals surface area contributed by atoms with Gasteiger partial charge in [0.05, 0.1) is 11.3 Å². The van der Waals surface area contributed by atoms with Gasteiger partial charge in [-0.25, -0.2) is 9.59 Å². The van der Waals surface area contributed by atoms with Crippen LogP contribution in [0.5, 0.6) is 0 Å². The molecule has 9 heteroatoms. The summed E-state index contributed by atoms with van der Waals surface area (Å²) in [5.74, 6) is -1.89. The average molecular weight is 418 g/mol. The standard InChI is InChI=1S/C17H26N4O.C4H4O4/c1-19-8-10-21(11-9-19)7-5-14-12-16-15(4-3-6-18-16)17(22)20(2)13-14;5-3(6)1-2-4(7)8/h3-4,6,14H,5,7-13H2,1-2H3;1-2H,(H,5,6)(H,7,8)/b;2-1+. The van der Waals surface area contributed by atoms with Crippen LogP contribution in [0.2, 0.25) is 0 Å². The average Bonchev–Trinajstić information content (AvgIpc) is 2.83. The third-order valence-corrected chi connectivity index (χ3v) is 5.30. The monoisotopic (exact) mass is 418 g/mol. The number of piperazine rings is 1. The Kier molecular flexibility index (Phi) is 8.94. The molecule has 9 nitrogen and oxygen atoms in total. The largest absolute Gasteiger partial charge is 0.478 e. The van der Waals surface area contributed by atoms with E-state index in [1.165, 1.54) is 0 Å². The maximum atomic E-state index is 12.4. The van der Waals surface area contributed by atoms with Crippen molar-refractivity contribution >= 4 is 17.8 Å². The molecule has 0 radical (unpaired) electrons. The Morgan fingerprint density at radius 2 is 1.77 bits per heavy atom. The van der Waals surface area contributed by atoms with Crippen molar-refractivity contribution in [1.82, 2.24) is 19.7 Å². The topological polar surface area (TPSA) is 114 Å². The van der Waals surface area contributed by atoms with Crippen LogP contribution in [0.1, 0.15) is 22.5 Å². The summed E-state index contributed by atoms with van der Waals surface area (Å²) in [6.07, 6.45) is 4.97. The van der Waals surface area contributed by atoms with Crippen LogP contribution >= 0.6 is 0 Å². The summed E-state index contributed by atoms with van der Waals surface area (Å²) in [7, 11) is 4.10. The lowest BCUT2D eigenvalue weighted by atomic mass is 9.98. The van der Waals surface area contributed by atoms with E-state index < -0.39 is 11.9 Å². The first-order valence-electron chi connectivity index (χ1n) is 10.0. The second-order valence-corrected chi connectivity index (χ2v) is 7.70. The van der Waals surface area contributed by atoms with Crippen LogP contribution < -0.4 is 0 Å². The van der Waals surface area contributed by atoms with Crippen molar-refractivity contribution in [1.29, 1.82) is 0 Å². The number of amides is 1. The van der Waals surface area contributed by atoms with Gasteiger partial charge in [0.1, 0.15) is 0 Å². The number of hydrogen-bond donors (Lipinski definition) is 2. The third kappa shape index (κ3) is 7.57. The SMILES string of the molecule is CN1CCN(CCC2Cc3ncccc3C(=O)N(C)C2)CC1.O=C(O)/C=C/C(=O)O. The molecule has 1 atom stereocenters. The number of carbonyl (C=O) groups is 3. The second-order valence-electron chi connectivity index (χ2n) is 7.70. The van der Waals surface area contributed by atoms with Gasteiger partial charge in [-0.3, -0.25) is 9.78 Å². The van der Waals surface area contributed by atoms with Gasteiger partial charge in [-0.2, -0.15) is 0 Å². The van der Waals surface area contributed by atoms with E-state index in [2.05, 4.69) is 21.8 Å². The van der Waals surface area contributed by atoms with Gasteiger partial charge < -0.3 is 24.9 Å². The smallest absolute Gasteiger partial charge is 0.328 e. The number of pyridine rings is 1. The maximum absolute atomic E-state index is 12.4. The predicted molar refractivity (Wildman–Crippen MR) is 111 cm³/mol. The number of aliphatic carboxylic acids is 2. The van der Waals surface area contributed by atoms with Crippen LogP contribution in [-0.2, 0) is 16.0 Å². The number of carboxylic acids is 2. The molecule has 2 aliphatic heterocycles. The minimum absolute atomic E-state index is 0.116. The van der Waals surface area contributed by atoms with Crippen LogP contribution in [0.4, 0.5) is 0 Å². The van der Waals surface area contributed by atoms with Crippen LogP contribution in [0.15, 0.2) is 30.5 Å². The Labute approximate surface area is 176 Å². The van der Waals surface area contributed by atoms with Crippen LogP contribution in [0, 0.1) is 5.92 Å². The summed E-state index contributed by atoms with van der Waals surface area (Å²) >= 11 is 0. The van der Waals surface area contributed by atoms with E-state index in [0.29, 0.717) is 18.1 Å². The number of nitrogens with zero attached hydrogens (tertiary/aromatic N) is 4. The van der Waals surface area contributed by atoms with Gasteiger partial charge in [-0.15, -0.1) is 0 Å². The van der Waals surface area contributed by atoms with Crippen LogP contribution in [-0.4, -0.2) is 101 Å². The molecule has 0 aromatic carbocycles. The fourth-order valence-electron chi connectivity index (χ4n) is 3.58. The van der Waals surface area contributed by atoms with Gasteiger partial charge >= 0.3 is 11.9 Å². The lowest BCUT2D eigenvalue weighted by Gasteiger charge is -2.33. The van der Waals surface area contributed by atoms with Gasteiger partial charge in [0.2, 0.25) is 0 Å². The van der Waals surface area contributed by atoms with Crippen molar-refractivity contribution in [3.63, 3.8) is 0 Å². The molecule has 2 aliphatic rings. The molecule has 2 N–H and O–H groups in total. The van der Waals surface area contributed by atoms with Gasteiger partial charge in [0, 0.05) is 58.1 Å². The normalized spacial score (nSPS) is 20.3. The number of carboxylic acid groups (broad SMARTS) is 2. The number of likely N-dealkylation sites (N-methyl/N-ethyl adjacent to an activating group) is 1. The molecule has 0 spiro atoms. The van der Waals surface area contributed by atoms with E-state index in [-0.39, 0.29) is 5.91 Å². The highest BCUT2D eigenvalue weighted by Crippen LogP contribution is 2.22. The number of carbonyl (C=O) groups excluding carboxylic acids is 1. The molecule has 1 fully saturated rings. The van der Waals surface area contributed by atoms with E-state index in [0.717, 1.165) is 63.4 Å². The molecule has 3 rings (SSSR count). The first kappa shape index (κ1) is 23.5. The van der Waals surface area contributed by atoms with Crippen molar-refractivity contribution in [3.8, 4) is 0 Å². The number of hydrogen-bond acceptors (Lipinski definition) is 6. The minimum Gasteiger partial charge on any atom is -0.478 e. The zero-order valence-corrected chi connectivity index (χ0v) is 17.5. The zero-order valence-electron chi connectivity index (χ0n) is 17.5. The highest BCUT2D eigenvalue weighted by molar-refractivity contribution is 5.95. The summed E-state index contributed by atoms with van der Waals surface area (Å²) in [5, 5.41) is 15.6. The van der Waals surface area contributed by atoms with Gasteiger partial charge in [0.25, 0.3) is 5.91 Å². The third-order valence-electron chi connectivity index (χ3n) is 5.30. The Balaban J connectivity index is 0.000000343. The summed E-state index contributed by atoms with van der Waals surface area (Å²) in [6.45, 7) is 6.60. The van der Waals surface area contributed by atoms with E-state index >= 15 is 0 Å². The Morgan fingerprint density at radius 1 is 1.13 bits per heavy atom. The fraction of sp³-hybridized carbons (Fsp3) is 0.524. The van der Waals surface area contributed by atoms with Gasteiger partial charge in [-0.1, -0.05) is 0 Å². The van der Waals surface area contributed by atoms with E-state index in [1.807, 2.05) is 24.1 Å². The van der Waals surface area contributed by atoms with E-state index in [1.54, 1.807) is 6.20 Å². The Bertz CT molecular complexity index is 758. The summed E-state index contributed by atoms with van der Waals surface area (Å²) in [5.41, 5.74) is 1.76. The summed E-state index contributed by atoms with van der Waals surface area (Å²) in [6, 6.07) is 3.76. The Morgan fingerprint density at radius 3 is 2.37 bits per heavy atom. The molecule has 3 heterocycles. The molecule has 1 unspecified atom stereocenters. The van der Waals surface area contributed by atoms with Crippen molar-refractivity contribution in [2.75, 3.05) is 53.4 Å². The van der Waals surface area contributed by atoms with E-state index in [4.69, 9.17) is 10.2 Å². The molecule has 0 bridgehead atoms. The highest BCUT2D eigenvalue weighted by Gasteiger charge is 2.26. The van der Waals surface area contributed by atoms with Crippen molar-refractivity contribution in [2.45, 2.75) is 12.8 Å². The molecule has 1 aromatic rings. The fourth-order valence-corrected chi connectivity index (χ4v) is 3.58. The molecule has 1 amide bonds. The molecular weight excluding hydrogens is 388 g/mol. The first-order valence-corrected chi connectivity index (χ1v) is 10.0. The predicted octanol–water partition coefficient (Wildman–Crippen LogP) is 0.675. The lowest BCUT2D eigenvalue weighted by Crippen LogP contribution is -2.45. The van der Waals surface area contributed by atoms with Gasteiger partial charge in [-0.05, 0) is 44.5 Å². The summed E-state index contributed by atoms with van der Waals surface area (Å²) in [4.78, 5) is 42.7. The number of aromatic nitrogens is 1. The second kappa shape index (κ2) is 11.4. The van der Waals surface area contributed by atoms with Crippen molar-refractivity contribution < 1.29 is 24.6 Å². The van der Waals surface area contributed by atoms with Crippen molar-refractivity contribution in [3.05, 3.63) is 41.7 Å². The molecule has 0 aliphatic carbocycles. The van der Waals surface area contributed by atoms with E-state index in [9.17, 15) is 14.4 Å². The lowest BCUT2D eigenvalue weighted by molar-refractivity contribution is -0.134. The quantitative estimate of drug-likeness (QED) is 0.671. The van der Waals surface area contributed by atoms with Crippen LogP contribution in [0.25, 0.3) is 0 Å². The zero-order chi connectivity index (χ0) is 22.1. The first-order chi connectivity index (χ1) is 14.3. The van der Waals surface area contributed by atoms with Crippen molar-refractivity contribution in [2.24, 2.45) is 5.92 Å². The maximum Gasteiger partial charge on any atom is 0.328 e. The number of fused-ring (bicyclic) bond motifs is 1. The molecule has 30 heavy (non-hydrogen) atoms. The van der Waals surface area contributed by atoms with Gasteiger partial charge in [0.15, 0.2) is 0 Å². The minimum atomic E-state index is -1.26. The molecule has 164 valence electrons. The highest BCUT2D eigenvalue weighted by atomic mass is 16.4. The molecule has 0 saturated carbocycles. The Hall–Kier alpha value is -2.78. The summed E-state index contributed by atoms with van der Waals surface area (Å²) < 4.78 is 0. The molecule has 1 aromatic heterocycles. The molecule has 1 saturated heterocycles. The van der Waals surface area contributed by atoms with Crippen LogP contribution in [0.3, 0.4) is 0 Å². The number of rotatable bonds is 5. The molecular formula is C21H30N4O5.